The molecule has 0 aliphatic carbocycles. The maximum atomic E-state index is 12.1. The summed E-state index contributed by atoms with van der Waals surface area (Å²) in [6.45, 7) is 0. The van der Waals surface area contributed by atoms with Crippen LogP contribution in [0.25, 0.3) is 11.6 Å². The number of hydrogen-bond donors (Lipinski definition) is 1. The molecule has 0 aromatic carbocycles. The van der Waals surface area contributed by atoms with Gasteiger partial charge in [-0.2, -0.15) is 18.2 Å². The van der Waals surface area contributed by atoms with Gasteiger partial charge in [-0.05, 0) is 12.1 Å². The maximum Gasteiger partial charge on any atom is 0.396 e. The molecule has 2 heterocycles. The van der Waals surface area contributed by atoms with Crippen molar-refractivity contribution in [2.45, 2.75) is 12.6 Å². The summed E-state index contributed by atoms with van der Waals surface area (Å²) < 4.78 is 40.9. The first kappa shape index (κ1) is 11.4. The molecule has 0 aliphatic rings. The Morgan fingerprint density at radius 3 is 2.76 bits per heavy atom. The Morgan fingerprint density at radius 2 is 2.12 bits per heavy atom. The molecule has 17 heavy (non-hydrogen) atoms. The fourth-order valence-corrected chi connectivity index (χ4v) is 1.20. The average Bonchev–Trinajstić information content (AvgIpc) is 2.64. The number of nitrogens with zero attached hydrogens (tertiary/aromatic N) is 3. The zero-order valence-electron chi connectivity index (χ0n) is 8.40. The van der Waals surface area contributed by atoms with Gasteiger partial charge in [-0.25, -0.2) is 4.98 Å². The minimum atomic E-state index is -4.38. The summed E-state index contributed by atoms with van der Waals surface area (Å²) in [4.78, 5) is 7.44. The van der Waals surface area contributed by atoms with Gasteiger partial charge < -0.3 is 10.3 Å². The normalized spacial score (nSPS) is 11.7. The molecule has 90 valence electrons. The molecule has 8 heteroatoms. The highest BCUT2D eigenvalue weighted by Gasteiger charge is 2.30. The number of nitrogen functional groups attached to an aromatic ring is 1. The maximum absolute atomic E-state index is 12.1. The molecule has 0 spiro atoms. The van der Waals surface area contributed by atoms with E-state index in [0.717, 1.165) is 0 Å². The third kappa shape index (κ3) is 2.71. The van der Waals surface area contributed by atoms with Crippen molar-refractivity contribution in [1.82, 2.24) is 15.1 Å². The van der Waals surface area contributed by atoms with Gasteiger partial charge in [0, 0.05) is 6.20 Å². The topological polar surface area (TPSA) is 77.8 Å². The fourth-order valence-electron chi connectivity index (χ4n) is 1.20. The molecule has 0 aliphatic heterocycles. The van der Waals surface area contributed by atoms with Crippen LogP contribution in [0.4, 0.5) is 18.9 Å². The van der Waals surface area contributed by atoms with Crippen molar-refractivity contribution in [3.63, 3.8) is 0 Å². The van der Waals surface area contributed by atoms with Gasteiger partial charge in [-0.15, -0.1) is 0 Å². The highest BCUT2D eigenvalue weighted by Crippen LogP contribution is 2.24. The Balaban J connectivity index is 2.28. The lowest BCUT2D eigenvalue weighted by molar-refractivity contribution is -0.128. The summed E-state index contributed by atoms with van der Waals surface area (Å²) in [6.07, 6.45) is -4.20. The second-order valence-corrected chi connectivity index (χ2v) is 3.25. The van der Waals surface area contributed by atoms with Crippen LogP contribution in [-0.4, -0.2) is 21.3 Å². The first-order chi connectivity index (χ1) is 7.96. The van der Waals surface area contributed by atoms with Gasteiger partial charge in [0.1, 0.15) is 6.42 Å². The van der Waals surface area contributed by atoms with E-state index in [1.54, 1.807) is 6.07 Å². The molecule has 0 fully saturated rings. The van der Waals surface area contributed by atoms with Crippen LogP contribution < -0.4 is 5.73 Å². The van der Waals surface area contributed by atoms with E-state index in [1.807, 2.05) is 0 Å². The highest BCUT2D eigenvalue weighted by molar-refractivity contribution is 5.65. The quantitative estimate of drug-likeness (QED) is 0.871. The second kappa shape index (κ2) is 4.04. The molecule has 5 nitrogen and oxygen atoms in total. The second-order valence-electron chi connectivity index (χ2n) is 3.25. The van der Waals surface area contributed by atoms with E-state index >= 15 is 0 Å². The molecule has 0 atom stereocenters. The van der Waals surface area contributed by atoms with Gasteiger partial charge >= 0.3 is 6.18 Å². The number of aromatic nitrogens is 3. The van der Waals surface area contributed by atoms with Crippen LogP contribution in [0.3, 0.4) is 0 Å². The zero-order chi connectivity index (χ0) is 12.5. The summed E-state index contributed by atoms with van der Waals surface area (Å²) in [7, 11) is 0. The number of nitrogens with two attached hydrogens (primary N) is 1. The van der Waals surface area contributed by atoms with Crippen LogP contribution in [0.1, 0.15) is 5.82 Å². The van der Waals surface area contributed by atoms with E-state index < -0.39 is 18.4 Å². The summed E-state index contributed by atoms with van der Waals surface area (Å²) in [5.74, 6) is -0.570. The van der Waals surface area contributed by atoms with Crippen molar-refractivity contribution in [2.75, 3.05) is 5.73 Å². The molecule has 0 amide bonds. The van der Waals surface area contributed by atoms with Gasteiger partial charge in [0.05, 0.1) is 5.69 Å². The Bertz CT molecular complexity index is 523. The lowest BCUT2D eigenvalue weighted by Gasteiger charge is -2.00. The van der Waals surface area contributed by atoms with E-state index in [-0.39, 0.29) is 17.3 Å². The van der Waals surface area contributed by atoms with Crippen LogP contribution >= 0.6 is 0 Å². The average molecular weight is 244 g/mol. The molecule has 2 aromatic rings. The third-order valence-electron chi connectivity index (χ3n) is 1.87. The molecular weight excluding hydrogens is 237 g/mol. The number of rotatable bonds is 2. The number of hydrogen-bond acceptors (Lipinski definition) is 5. The van der Waals surface area contributed by atoms with Crippen LogP contribution in [-0.2, 0) is 6.42 Å². The summed E-state index contributed by atoms with van der Waals surface area (Å²) in [6, 6.07) is 3.13. The monoisotopic (exact) mass is 244 g/mol. The van der Waals surface area contributed by atoms with Crippen LogP contribution in [0.15, 0.2) is 22.9 Å². The Morgan fingerprint density at radius 1 is 1.35 bits per heavy atom. The minimum Gasteiger partial charge on any atom is -0.397 e. The lowest BCUT2D eigenvalue weighted by Crippen LogP contribution is -2.12. The smallest absolute Gasteiger partial charge is 0.396 e. The number of anilines is 1. The van der Waals surface area contributed by atoms with Gasteiger partial charge in [0.25, 0.3) is 5.89 Å². The zero-order valence-corrected chi connectivity index (χ0v) is 8.40. The third-order valence-corrected chi connectivity index (χ3v) is 1.87. The summed E-state index contributed by atoms with van der Waals surface area (Å²) in [5, 5.41) is 3.22. The number of pyridine rings is 1. The molecule has 0 bridgehead atoms. The minimum absolute atomic E-state index is 0.123. The van der Waals surface area contributed by atoms with Gasteiger partial charge in [-0.1, -0.05) is 5.16 Å². The predicted octanol–water partition coefficient (Wildman–Crippen LogP) is 1.82. The number of halogens is 3. The summed E-state index contributed by atoms with van der Waals surface area (Å²) in [5.41, 5.74) is 6.01. The molecule has 2 N–H and O–H groups in total. The molecular formula is C9H7F3N4O. The Labute approximate surface area is 93.5 Å². The van der Waals surface area contributed by atoms with Gasteiger partial charge in [-0.3, -0.25) is 0 Å². The standard InChI is InChI=1S/C9H7F3N4O/c10-9(11,12)4-6-15-8(17-16-6)7-5(13)2-1-3-14-7/h1-3H,4,13H2. The molecule has 2 aromatic heterocycles. The van der Waals surface area contributed by atoms with Crippen molar-refractivity contribution in [3.05, 3.63) is 24.2 Å². The first-order valence-corrected chi connectivity index (χ1v) is 4.56. The molecule has 0 saturated carbocycles. The SMILES string of the molecule is Nc1cccnc1-c1nc(CC(F)(F)F)no1. The van der Waals surface area contributed by atoms with E-state index in [0.29, 0.717) is 0 Å². The van der Waals surface area contributed by atoms with Crippen molar-refractivity contribution in [2.24, 2.45) is 0 Å². The predicted molar refractivity (Wildman–Crippen MR) is 51.7 cm³/mol. The van der Waals surface area contributed by atoms with Crippen molar-refractivity contribution >= 4 is 5.69 Å². The van der Waals surface area contributed by atoms with Gasteiger partial charge in [0.2, 0.25) is 0 Å². The van der Waals surface area contributed by atoms with Crippen LogP contribution in [0.5, 0.6) is 0 Å². The largest absolute Gasteiger partial charge is 0.397 e. The molecule has 0 radical (unpaired) electrons. The Kier molecular flexibility index (Phi) is 2.70. The summed E-state index contributed by atoms with van der Waals surface area (Å²) >= 11 is 0. The van der Waals surface area contributed by atoms with E-state index in [9.17, 15) is 13.2 Å². The van der Waals surface area contributed by atoms with Crippen molar-refractivity contribution in [1.29, 1.82) is 0 Å². The van der Waals surface area contributed by atoms with E-state index in [1.165, 1.54) is 12.3 Å². The van der Waals surface area contributed by atoms with Crippen molar-refractivity contribution in [3.8, 4) is 11.6 Å². The number of alkyl halides is 3. The van der Waals surface area contributed by atoms with Crippen LogP contribution in [0, 0.1) is 0 Å². The first-order valence-electron chi connectivity index (χ1n) is 4.56. The van der Waals surface area contributed by atoms with Crippen molar-refractivity contribution < 1.29 is 17.7 Å². The molecule has 2 rings (SSSR count). The fraction of sp³-hybridized carbons (Fsp3) is 0.222. The van der Waals surface area contributed by atoms with Gasteiger partial charge in [0.15, 0.2) is 11.5 Å². The highest BCUT2D eigenvalue weighted by atomic mass is 19.4. The Hall–Kier alpha value is -2.12. The van der Waals surface area contributed by atoms with E-state index in [2.05, 4.69) is 19.6 Å². The molecule has 0 saturated heterocycles. The molecule has 0 unspecified atom stereocenters. The van der Waals surface area contributed by atoms with E-state index in [4.69, 9.17) is 5.73 Å². The van der Waals surface area contributed by atoms with Crippen LogP contribution in [0.2, 0.25) is 0 Å². The lowest BCUT2D eigenvalue weighted by atomic mass is 10.3.